The summed E-state index contributed by atoms with van der Waals surface area (Å²) >= 11 is 0. The fourth-order valence-electron chi connectivity index (χ4n) is 13.5. The highest BCUT2D eigenvalue weighted by atomic mass is 14.9. The second-order valence-corrected chi connectivity index (χ2v) is 21.1. The van der Waals surface area contributed by atoms with Crippen molar-refractivity contribution in [3.63, 3.8) is 0 Å². The summed E-state index contributed by atoms with van der Waals surface area (Å²) in [4.78, 5) is 11.0. The number of hydrogen-bond acceptors (Lipinski definition) is 2. The van der Waals surface area contributed by atoms with Crippen LogP contribution in [0.15, 0.2) is 267 Å². The third-order valence-corrected chi connectivity index (χ3v) is 16.8. The largest absolute Gasteiger partial charge is 0.228 e. The van der Waals surface area contributed by atoms with E-state index in [1.807, 2.05) is 0 Å². The molecule has 0 radical (unpaired) electrons. The van der Waals surface area contributed by atoms with Crippen molar-refractivity contribution < 1.29 is 0 Å². The van der Waals surface area contributed by atoms with E-state index in [2.05, 4.69) is 281 Å². The summed E-state index contributed by atoms with van der Waals surface area (Å²) in [7, 11) is 0. The maximum Gasteiger partial charge on any atom is 0.160 e. The Kier molecular flexibility index (Phi) is 9.86. The fourth-order valence-corrected chi connectivity index (χ4v) is 13.5. The summed E-state index contributed by atoms with van der Waals surface area (Å²) in [6, 6.07) is 98.1. The Bertz CT molecular complexity index is 4440. The van der Waals surface area contributed by atoms with E-state index in [1.165, 1.54) is 105 Å². The van der Waals surface area contributed by atoms with Crippen molar-refractivity contribution in [3.8, 4) is 78.4 Å². The number of benzene rings is 12. The molecular formula is C74H50N2. The molecule has 12 aromatic carbocycles. The van der Waals surface area contributed by atoms with E-state index >= 15 is 0 Å². The van der Waals surface area contributed by atoms with Crippen molar-refractivity contribution in [2.24, 2.45) is 0 Å². The van der Waals surface area contributed by atoms with E-state index in [1.54, 1.807) is 0 Å². The van der Waals surface area contributed by atoms with Crippen molar-refractivity contribution in [1.82, 2.24) is 9.97 Å². The van der Waals surface area contributed by atoms with Crippen molar-refractivity contribution in [2.75, 3.05) is 0 Å². The molecule has 0 fully saturated rings. The molecule has 2 heteroatoms. The lowest BCUT2D eigenvalue weighted by molar-refractivity contribution is 0.666. The maximum atomic E-state index is 5.49. The summed E-state index contributed by atoms with van der Waals surface area (Å²) in [5.74, 6) is 0.691. The van der Waals surface area contributed by atoms with Crippen LogP contribution in [0.4, 0.5) is 0 Å². The average Bonchev–Trinajstić information content (AvgIpc) is 3.94. The minimum atomic E-state index is -0.531. The van der Waals surface area contributed by atoms with Gasteiger partial charge < -0.3 is 0 Å². The first-order chi connectivity index (χ1) is 37.5. The molecule has 13 aromatic rings. The van der Waals surface area contributed by atoms with E-state index in [4.69, 9.17) is 9.97 Å². The van der Waals surface area contributed by atoms with Gasteiger partial charge in [-0.3, -0.25) is 0 Å². The van der Waals surface area contributed by atoms with Crippen LogP contribution in [-0.2, 0) is 10.8 Å². The average molecular weight is 967 g/mol. The van der Waals surface area contributed by atoms with Crippen LogP contribution in [-0.4, -0.2) is 9.97 Å². The van der Waals surface area contributed by atoms with Crippen LogP contribution in [0.25, 0.3) is 111 Å². The van der Waals surface area contributed by atoms with E-state index in [-0.39, 0.29) is 5.41 Å². The lowest BCUT2D eigenvalue weighted by Gasteiger charge is -2.33. The van der Waals surface area contributed by atoms with E-state index in [0.29, 0.717) is 5.82 Å². The molecule has 0 N–H and O–H groups in total. The summed E-state index contributed by atoms with van der Waals surface area (Å²) < 4.78 is 0. The molecular weight excluding hydrogens is 917 g/mol. The molecule has 0 atom stereocenters. The molecule has 0 spiro atoms. The Morgan fingerprint density at radius 1 is 0.289 bits per heavy atom. The minimum Gasteiger partial charge on any atom is -0.228 e. The molecule has 2 aliphatic carbocycles. The zero-order valence-corrected chi connectivity index (χ0v) is 42.3. The number of fused-ring (bicyclic) bond motifs is 10. The van der Waals surface area contributed by atoms with Crippen LogP contribution >= 0.6 is 0 Å². The first kappa shape index (κ1) is 44.0. The normalized spacial score (nSPS) is 13.6. The predicted molar refractivity (Wildman–Crippen MR) is 317 cm³/mol. The SMILES string of the molecule is CC1(C)c2ccc(-c3ccc(-c4ccc(-c5cc(-c6cccc7c6-c6ccccc6C7(c6ccccc6)c6ccccc6)nc(-c6ccccc6)n5)c5ccccc45)c4ccccc34)cc2-c2ccc3ccccc3c21. The zero-order valence-electron chi connectivity index (χ0n) is 42.3. The van der Waals surface area contributed by atoms with Gasteiger partial charge >= 0.3 is 0 Å². The Morgan fingerprint density at radius 3 is 1.47 bits per heavy atom. The van der Waals surface area contributed by atoms with E-state index < -0.39 is 5.41 Å². The van der Waals surface area contributed by atoms with Gasteiger partial charge in [0.05, 0.1) is 16.8 Å². The Labute approximate surface area is 443 Å². The monoisotopic (exact) mass is 966 g/mol. The van der Waals surface area contributed by atoms with Gasteiger partial charge in [-0.1, -0.05) is 269 Å². The van der Waals surface area contributed by atoms with Gasteiger partial charge in [-0.2, -0.15) is 0 Å². The lowest BCUT2D eigenvalue weighted by atomic mass is 9.67. The topological polar surface area (TPSA) is 25.8 Å². The Hall–Kier alpha value is -9.50. The Morgan fingerprint density at radius 2 is 0.789 bits per heavy atom. The van der Waals surface area contributed by atoms with Crippen LogP contribution in [0.2, 0.25) is 0 Å². The molecule has 0 unspecified atom stereocenters. The highest BCUT2D eigenvalue weighted by molar-refractivity contribution is 6.12. The van der Waals surface area contributed by atoms with Gasteiger partial charge in [0.25, 0.3) is 0 Å². The van der Waals surface area contributed by atoms with Gasteiger partial charge in [-0.05, 0) is 122 Å². The van der Waals surface area contributed by atoms with Crippen molar-refractivity contribution in [2.45, 2.75) is 24.7 Å². The summed E-state index contributed by atoms with van der Waals surface area (Å²) in [6.07, 6.45) is 0. The van der Waals surface area contributed by atoms with Gasteiger partial charge in [-0.15, -0.1) is 0 Å². The maximum absolute atomic E-state index is 5.49. The molecule has 0 saturated carbocycles. The number of rotatable bonds is 7. The molecule has 1 aromatic heterocycles. The predicted octanol–water partition coefficient (Wildman–Crippen LogP) is 18.9. The van der Waals surface area contributed by atoms with Gasteiger partial charge in [-0.25, -0.2) is 9.97 Å². The molecule has 0 aliphatic heterocycles. The van der Waals surface area contributed by atoms with E-state index in [0.717, 1.165) is 33.5 Å². The third kappa shape index (κ3) is 6.47. The van der Waals surface area contributed by atoms with Gasteiger partial charge in [0.1, 0.15) is 0 Å². The molecule has 0 bridgehead atoms. The first-order valence-corrected chi connectivity index (χ1v) is 26.5. The van der Waals surface area contributed by atoms with Crippen LogP contribution in [0.1, 0.15) is 47.2 Å². The highest BCUT2D eigenvalue weighted by Gasteiger charge is 2.47. The first-order valence-electron chi connectivity index (χ1n) is 26.5. The van der Waals surface area contributed by atoms with Gasteiger partial charge in [0.15, 0.2) is 5.82 Å². The van der Waals surface area contributed by atoms with Crippen molar-refractivity contribution in [3.05, 3.63) is 300 Å². The van der Waals surface area contributed by atoms with Crippen LogP contribution < -0.4 is 0 Å². The number of hydrogen-bond donors (Lipinski definition) is 0. The van der Waals surface area contributed by atoms with Crippen molar-refractivity contribution in [1.29, 1.82) is 0 Å². The van der Waals surface area contributed by atoms with E-state index in [9.17, 15) is 0 Å². The van der Waals surface area contributed by atoms with Crippen LogP contribution in [0.3, 0.4) is 0 Å². The molecule has 0 amide bonds. The third-order valence-electron chi connectivity index (χ3n) is 16.8. The second-order valence-electron chi connectivity index (χ2n) is 21.1. The second kappa shape index (κ2) is 17.0. The highest BCUT2D eigenvalue weighted by Crippen LogP contribution is 2.59. The molecule has 15 rings (SSSR count). The molecule has 356 valence electrons. The van der Waals surface area contributed by atoms with Crippen LogP contribution in [0.5, 0.6) is 0 Å². The quantitative estimate of drug-likeness (QED) is 0.159. The Balaban J connectivity index is 0.891. The molecule has 76 heavy (non-hydrogen) atoms. The van der Waals surface area contributed by atoms with Crippen molar-refractivity contribution >= 4 is 32.3 Å². The number of nitrogens with zero attached hydrogens (tertiary/aromatic N) is 2. The number of aromatic nitrogens is 2. The fraction of sp³-hybridized carbons (Fsp3) is 0.0541. The summed E-state index contributed by atoms with van der Waals surface area (Å²) in [6.45, 7) is 4.76. The van der Waals surface area contributed by atoms with Gasteiger partial charge in [0.2, 0.25) is 0 Å². The zero-order chi connectivity index (χ0) is 50.5. The smallest absolute Gasteiger partial charge is 0.160 e. The lowest BCUT2D eigenvalue weighted by Crippen LogP contribution is -2.28. The summed E-state index contributed by atoms with van der Waals surface area (Å²) in [5, 5.41) is 7.40. The molecule has 2 aliphatic rings. The summed E-state index contributed by atoms with van der Waals surface area (Å²) in [5.41, 5.74) is 22.0. The molecule has 1 heterocycles. The molecule has 0 saturated heterocycles. The standard InChI is InChI=1S/C74H50N2/c1-73(2)65-44-38-49(45-64(65)61-39-37-47-21-12-13-28-53(47)71(61)73)52-40-41-58(55-30-15-14-29-54(52)55)59-42-43-60(57-32-17-16-31-56(57)59)68-46-69(76-72(75-68)48-22-6-3-7-23-48)63-34-20-36-67-70(63)62-33-18-19-35-66(62)74(67,50-24-8-4-9-25-50)51-26-10-5-11-27-51/h3-46H,1-2H3. The minimum absolute atomic E-state index is 0.106. The van der Waals surface area contributed by atoms with Gasteiger partial charge in [0, 0.05) is 22.1 Å². The van der Waals surface area contributed by atoms with Crippen LogP contribution in [0, 0.1) is 0 Å². The molecule has 2 nitrogen and oxygen atoms in total.